The fraction of sp³-hybridized carbons (Fsp3) is 0.211. The highest BCUT2D eigenvalue weighted by Gasteiger charge is 2.22. The molecule has 0 amide bonds. The molecule has 6 nitrogen and oxygen atoms in total. The van der Waals surface area contributed by atoms with Crippen molar-refractivity contribution in [2.24, 2.45) is 0 Å². The Labute approximate surface area is 152 Å². The van der Waals surface area contributed by atoms with Crippen LogP contribution in [0.2, 0.25) is 0 Å². The largest absolute Gasteiger partial charge is 0.497 e. The molecule has 0 radical (unpaired) electrons. The van der Waals surface area contributed by atoms with E-state index in [1.807, 2.05) is 0 Å². The second kappa shape index (κ2) is 7.21. The summed E-state index contributed by atoms with van der Waals surface area (Å²) < 4.78 is 38.0. The molecule has 1 aromatic heterocycles. The Hall–Kier alpha value is -2.80. The Morgan fingerprint density at radius 1 is 1.04 bits per heavy atom. The number of methoxy groups -OCH3 is 2. The summed E-state index contributed by atoms with van der Waals surface area (Å²) >= 11 is 0. The van der Waals surface area contributed by atoms with E-state index in [1.54, 1.807) is 43.6 Å². The highest BCUT2D eigenvalue weighted by Crippen LogP contribution is 2.30. The Kier molecular flexibility index (Phi) is 4.99. The maximum absolute atomic E-state index is 13.2. The number of aryl methyl sites for hydroxylation is 1. The summed E-state index contributed by atoms with van der Waals surface area (Å²) in [6.07, 6.45) is 3.16. The molecule has 0 atom stereocenters. The van der Waals surface area contributed by atoms with Gasteiger partial charge in [-0.25, -0.2) is 12.4 Å². The van der Waals surface area contributed by atoms with Gasteiger partial charge in [-0.2, -0.15) is 0 Å². The van der Waals surface area contributed by atoms with Crippen molar-refractivity contribution in [1.29, 1.82) is 0 Å². The van der Waals surface area contributed by atoms with Crippen LogP contribution in [0.4, 0.5) is 0 Å². The molecule has 136 valence electrons. The Morgan fingerprint density at radius 2 is 1.77 bits per heavy atom. The number of aldehydes is 1. The van der Waals surface area contributed by atoms with E-state index in [9.17, 15) is 13.2 Å². The molecule has 0 saturated carbocycles. The quantitative estimate of drug-likeness (QED) is 0.595. The van der Waals surface area contributed by atoms with E-state index in [1.165, 1.54) is 23.2 Å². The van der Waals surface area contributed by atoms with Crippen molar-refractivity contribution < 1.29 is 22.7 Å². The minimum atomic E-state index is -3.81. The van der Waals surface area contributed by atoms with Crippen molar-refractivity contribution in [1.82, 2.24) is 3.97 Å². The molecule has 0 aliphatic rings. The molecule has 0 bridgehead atoms. The van der Waals surface area contributed by atoms with Gasteiger partial charge in [-0.15, -0.1) is 0 Å². The molecule has 0 aliphatic heterocycles. The van der Waals surface area contributed by atoms with Crippen LogP contribution in [0.1, 0.15) is 12.0 Å². The lowest BCUT2D eigenvalue weighted by molar-refractivity contribution is -0.107. The van der Waals surface area contributed by atoms with Gasteiger partial charge in [-0.05, 0) is 42.3 Å². The Balaban J connectivity index is 2.21. The minimum Gasteiger partial charge on any atom is -0.497 e. The van der Waals surface area contributed by atoms with Crippen LogP contribution in [0.25, 0.3) is 10.9 Å². The van der Waals surface area contributed by atoms with Crippen molar-refractivity contribution in [2.45, 2.75) is 17.7 Å². The van der Waals surface area contributed by atoms with Gasteiger partial charge < -0.3 is 14.3 Å². The standard InChI is InChI=1S/C19H19NO5S/c1-24-15-6-3-7-17(11-15)26(22,23)20-13-14(5-4-10-21)18-12-16(25-2)8-9-19(18)20/h3,6-13H,4-5H2,1-2H3. The molecule has 0 fully saturated rings. The Bertz CT molecular complexity index is 1050. The number of hydrogen-bond acceptors (Lipinski definition) is 5. The number of carbonyl (C=O) groups is 1. The summed E-state index contributed by atoms with van der Waals surface area (Å²) in [6.45, 7) is 0. The van der Waals surface area contributed by atoms with E-state index >= 15 is 0 Å². The number of carbonyl (C=O) groups excluding carboxylic acids is 1. The number of benzene rings is 2. The number of ether oxygens (including phenoxy) is 2. The molecule has 0 spiro atoms. The minimum absolute atomic E-state index is 0.131. The van der Waals surface area contributed by atoms with Crippen molar-refractivity contribution in [3.63, 3.8) is 0 Å². The van der Waals surface area contributed by atoms with E-state index in [-0.39, 0.29) is 4.90 Å². The summed E-state index contributed by atoms with van der Waals surface area (Å²) in [7, 11) is -0.776. The summed E-state index contributed by atoms with van der Waals surface area (Å²) in [5.41, 5.74) is 1.31. The van der Waals surface area contributed by atoms with Gasteiger partial charge in [0.05, 0.1) is 24.6 Å². The van der Waals surface area contributed by atoms with Crippen molar-refractivity contribution in [3.05, 3.63) is 54.2 Å². The first-order valence-corrected chi connectivity index (χ1v) is 9.46. The SMILES string of the molecule is COc1cccc(S(=O)(=O)n2cc(CCC=O)c3cc(OC)ccc32)c1. The zero-order valence-electron chi connectivity index (χ0n) is 14.5. The molecule has 0 N–H and O–H groups in total. The van der Waals surface area contributed by atoms with Crippen molar-refractivity contribution >= 4 is 27.2 Å². The number of fused-ring (bicyclic) bond motifs is 1. The number of hydrogen-bond donors (Lipinski definition) is 0. The van der Waals surface area contributed by atoms with E-state index in [0.717, 1.165) is 17.2 Å². The number of aromatic nitrogens is 1. The topological polar surface area (TPSA) is 74.6 Å². The van der Waals surface area contributed by atoms with Crippen molar-refractivity contribution in [3.8, 4) is 11.5 Å². The lowest BCUT2D eigenvalue weighted by Gasteiger charge is -2.09. The monoisotopic (exact) mass is 373 g/mol. The van der Waals surface area contributed by atoms with Gasteiger partial charge in [0, 0.05) is 24.1 Å². The van der Waals surface area contributed by atoms with Crippen LogP contribution >= 0.6 is 0 Å². The lowest BCUT2D eigenvalue weighted by atomic mass is 10.1. The molecule has 26 heavy (non-hydrogen) atoms. The fourth-order valence-corrected chi connectivity index (χ4v) is 4.29. The maximum Gasteiger partial charge on any atom is 0.268 e. The zero-order chi connectivity index (χ0) is 18.7. The third kappa shape index (κ3) is 3.17. The third-order valence-corrected chi connectivity index (χ3v) is 5.86. The van der Waals surface area contributed by atoms with Crippen LogP contribution < -0.4 is 9.47 Å². The lowest BCUT2D eigenvalue weighted by Crippen LogP contribution is -2.12. The van der Waals surface area contributed by atoms with Gasteiger partial charge >= 0.3 is 0 Å². The summed E-state index contributed by atoms with van der Waals surface area (Å²) in [6, 6.07) is 11.5. The first-order valence-electron chi connectivity index (χ1n) is 8.02. The molecule has 0 saturated heterocycles. The maximum atomic E-state index is 13.2. The highest BCUT2D eigenvalue weighted by atomic mass is 32.2. The van der Waals surface area contributed by atoms with Crippen LogP contribution in [0.15, 0.2) is 53.6 Å². The van der Waals surface area contributed by atoms with Gasteiger partial charge in [0.15, 0.2) is 0 Å². The molecule has 3 aromatic rings. The normalized spacial score (nSPS) is 11.5. The molecule has 7 heteroatoms. The second-order valence-electron chi connectivity index (χ2n) is 5.72. The van der Waals surface area contributed by atoms with Crippen LogP contribution in [-0.2, 0) is 21.2 Å². The second-order valence-corrected chi connectivity index (χ2v) is 7.54. The van der Waals surface area contributed by atoms with E-state index < -0.39 is 10.0 Å². The molecule has 0 aliphatic carbocycles. The summed E-state index contributed by atoms with van der Waals surface area (Å²) in [4.78, 5) is 10.9. The first kappa shape index (κ1) is 18.0. The van der Waals surface area contributed by atoms with Gasteiger partial charge in [-0.1, -0.05) is 6.07 Å². The summed E-state index contributed by atoms with van der Waals surface area (Å²) in [5, 5.41) is 0.748. The molecular weight excluding hydrogens is 354 g/mol. The predicted octanol–water partition coefficient (Wildman–Crippen LogP) is 3.03. The van der Waals surface area contributed by atoms with E-state index in [4.69, 9.17) is 9.47 Å². The van der Waals surface area contributed by atoms with Gasteiger partial charge in [0.2, 0.25) is 0 Å². The van der Waals surface area contributed by atoms with Crippen LogP contribution in [-0.4, -0.2) is 32.9 Å². The average Bonchev–Trinajstić information content (AvgIpc) is 3.04. The first-order chi connectivity index (χ1) is 12.5. The van der Waals surface area contributed by atoms with Crippen LogP contribution in [0, 0.1) is 0 Å². The number of rotatable bonds is 7. The van der Waals surface area contributed by atoms with Gasteiger partial charge in [0.1, 0.15) is 17.8 Å². The van der Waals surface area contributed by atoms with Gasteiger partial charge in [0.25, 0.3) is 10.0 Å². The van der Waals surface area contributed by atoms with Crippen LogP contribution in [0.3, 0.4) is 0 Å². The third-order valence-electron chi connectivity index (χ3n) is 4.19. The van der Waals surface area contributed by atoms with E-state index in [0.29, 0.717) is 29.9 Å². The van der Waals surface area contributed by atoms with Gasteiger partial charge in [-0.3, -0.25) is 0 Å². The molecule has 0 unspecified atom stereocenters. The molecule has 3 rings (SSSR count). The fourth-order valence-electron chi connectivity index (χ4n) is 2.86. The van der Waals surface area contributed by atoms with E-state index in [2.05, 4.69) is 0 Å². The highest BCUT2D eigenvalue weighted by molar-refractivity contribution is 7.90. The van der Waals surface area contributed by atoms with Crippen LogP contribution in [0.5, 0.6) is 11.5 Å². The smallest absolute Gasteiger partial charge is 0.268 e. The number of nitrogens with zero attached hydrogens (tertiary/aromatic N) is 1. The predicted molar refractivity (Wildman–Crippen MR) is 98.5 cm³/mol. The average molecular weight is 373 g/mol. The Morgan fingerprint density at radius 3 is 2.46 bits per heavy atom. The zero-order valence-corrected chi connectivity index (χ0v) is 15.3. The molecular formula is C19H19NO5S. The summed E-state index contributed by atoms with van der Waals surface area (Å²) in [5.74, 6) is 1.09. The van der Waals surface area contributed by atoms with Crippen molar-refractivity contribution in [2.75, 3.05) is 14.2 Å². The molecule has 1 heterocycles. The molecule has 2 aromatic carbocycles.